The van der Waals surface area contributed by atoms with Gasteiger partial charge in [0.25, 0.3) is 0 Å². The summed E-state index contributed by atoms with van der Waals surface area (Å²) in [6, 6.07) is 4.05. The van der Waals surface area contributed by atoms with Crippen molar-refractivity contribution in [3.8, 4) is 0 Å². The van der Waals surface area contributed by atoms with Crippen molar-refractivity contribution in [3.05, 3.63) is 17.8 Å². The molecule has 0 atom stereocenters. The van der Waals surface area contributed by atoms with Crippen LogP contribution in [0.1, 0.15) is 26.5 Å². The Morgan fingerprint density at radius 2 is 2.00 bits per heavy atom. The van der Waals surface area contributed by atoms with Crippen LogP contribution in [0.2, 0.25) is 0 Å². The van der Waals surface area contributed by atoms with Crippen LogP contribution in [0, 0.1) is 6.92 Å². The van der Waals surface area contributed by atoms with Crippen LogP contribution in [0.25, 0.3) is 0 Å². The van der Waals surface area contributed by atoms with Gasteiger partial charge in [0, 0.05) is 20.1 Å². The van der Waals surface area contributed by atoms with Crippen LogP contribution in [0.15, 0.2) is 12.1 Å². The maximum absolute atomic E-state index is 11.9. The highest BCUT2D eigenvalue weighted by Crippen LogP contribution is 2.22. The molecule has 110 valence electrons. The third kappa shape index (κ3) is 3.37. The molecule has 1 amide bonds. The summed E-state index contributed by atoms with van der Waals surface area (Å²) in [6.45, 7) is 9.03. The third-order valence-electron chi connectivity index (χ3n) is 3.20. The summed E-state index contributed by atoms with van der Waals surface area (Å²) in [5.74, 6) is 0.851. The molecule has 0 spiro atoms. The van der Waals surface area contributed by atoms with Crippen LogP contribution in [-0.4, -0.2) is 53.0 Å². The number of anilines is 1. The molecule has 1 aromatic rings. The highest BCUT2D eigenvalue weighted by molar-refractivity contribution is 5.69. The van der Waals surface area contributed by atoms with Gasteiger partial charge in [-0.25, -0.2) is 4.79 Å². The van der Waals surface area contributed by atoms with E-state index in [9.17, 15) is 4.79 Å². The van der Waals surface area contributed by atoms with Crippen molar-refractivity contribution in [1.29, 1.82) is 0 Å². The van der Waals surface area contributed by atoms with E-state index in [1.54, 1.807) is 11.9 Å². The van der Waals surface area contributed by atoms with Gasteiger partial charge in [0.1, 0.15) is 5.60 Å². The molecule has 0 aromatic carbocycles. The lowest BCUT2D eigenvalue weighted by Crippen LogP contribution is -2.60. The van der Waals surface area contributed by atoms with Crippen LogP contribution in [0.5, 0.6) is 0 Å². The van der Waals surface area contributed by atoms with Crippen molar-refractivity contribution < 1.29 is 9.53 Å². The molecule has 6 heteroatoms. The van der Waals surface area contributed by atoms with Crippen LogP contribution >= 0.6 is 0 Å². The fourth-order valence-corrected chi connectivity index (χ4v) is 1.93. The summed E-state index contributed by atoms with van der Waals surface area (Å²) in [6.07, 6.45) is -0.280. The van der Waals surface area contributed by atoms with Crippen molar-refractivity contribution in [1.82, 2.24) is 15.1 Å². The third-order valence-corrected chi connectivity index (χ3v) is 3.20. The van der Waals surface area contributed by atoms with E-state index in [2.05, 4.69) is 15.1 Å². The van der Waals surface area contributed by atoms with Crippen LogP contribution in [0.3, 0.4) is 0 Å². The molecule has 20 heavy (non-hydrogen) atoms. The van der Waals surface area contributed by atoms with Crippen LogP contribution < -0.4 is 4.90 Å². The van der Waals surface area contributed by atoms with Crippen LogP contribution in [0.4, 0.5) is 10.6 Å². The molecule has 1 aliphatic heterocycles. The molecule has 1 saturated heterocycles. The van der Waals surface area contributed by atoms with Gasteiger partial charge in [0.05, 0.1) is 11.7 Å². The van der Waals surface area contributed by atoms with E-state index in [0.717, 1.165) is 24.6 Å². The molecular formula is C14H22N4O2. The van der Waals surface area contributed by atoms with E-state index in [4.69, 9.17) is 4.74 Å². The molecule has 0 N–H and O–H groups in total. The van der Waals surface area contributed by atoms with E-state index in [-0.39, 0.29) is 12.1 Å². The summed E-state index contributed by atoms with van der Waals surface area (Å²) in [4.78, 5) is 15.7. The van der Waals surface area contributed by atoms with E-state index in [1.165, 1.54) is 0 Å². The fourth-order valence-electron chi connectivity index (χ4n) is 1.93. The van der Waals surface area contributed by atoms with Gasteiger partial charge < -0.3 is 14.5 Å². The minimum absolute atomic E-state index is 0.160. The number of aryl methyl sites for hydroxylation is 1. The second kappa shape index (κ2) is 5.26. The van der Waals surface area contributed by atoms with Gasteiger partial charge in [0.2, 0.25) is 0 Å². The molecule has 2 heterocycles. The number of rotatable bonds is 2. The van der Waals surface area contributed by atoms with Crippen molar-refractivity contribution >= 4 is 11.9 Å². The molecule has 1 aromatic heterocycles. The maximum Gasteiger partial charge on any atom is 0.410 e. The highest BCUT2D eigenvalue weighted by atomic mass is 16.6. The summed E-state index contributed by atoms with van der Waals surface area (Å²) in [5, 5.41) is 8.18. The molecule has 0 radical (unpaired) electrons. The molecular weight excluding hydrogens is 256 g/mol. The van der Waals surface area contributed by atoms with Gasteiger partial charge in [-0.3, -0.25) is 0 Å². The Morgan fingerprint density at radius 3 is 2.50 bits per heavy atom. The minimum Gasteiger partial charge on any atom is -0.444 e. The molecule has 0 unspecified atom stereocenters. The molecule has 0 bridgehead atoms. The Balaban J connectivity index is 1.86. The van der Waals surface area contributed by atoms with Crippen molar-refractivity contribution in [3.63, 3.8) is 0 Å². The Hall–Kier alpha value is -1.85. The number of amides is 1. The predicted molar refractivity (Wildman–Crippen MR) is 76.8 cm³/mol. The standard InChI is InChI=1S/C14H22N4O2/c1-10-6-7-12(16-15-10)18-8-11(9-18)17(5)13(19)20-14(2,3)4/h6-7,11H,8-9H2,1-5H3. The first-order chi connectivity index (χ1) is 9.26. The van der Waals surface area contributed by atoms with Gasteiger partial charge in [-0.15, -0.1) is 5.10 Å². The van der Waals surface area contributed by atoms with Crippen molar-refractivity contribution in [2.75, 3.05) is 25.0 Å². The Kier molecular flexibility index (Phi) is 3.83. The first kappa shape index (κ1) is 14.6. The van der Waals surface area contributed by atoms with Gasteiger partial charge >= 0.3 is 6.09 Å². The zero-order chi connectivity index (χ0) is 14.9. The minimum atomic E-state index is -0.461. The second-order valence-electron chi connectivity index (χ2n) is 6.18. The van der Waals surface area contributed by atoms with Gasteiger partial charge in [0.15, 0.2) is 5.82 Å². The smallest absolute Gasteiger partial charge is 0.410 e. The normalized spacial score (nSPS) is 15.8. The van der Waals surface area contributed by atoms with Crippen molar-refractivity contribution in [2.24, 2.45) is 0 Å². The zero-order valence-electron chi connectivity index (χ0n) is 12.8. The Labute approximate surface area is 119 Å². The molecule has 6 nitrogen and oxygen atoms in total. The summed E-state index contributed by atoms with van der Waals surface area (Å²) >= 11 is 0. The lowest BCUT2D eigenvalue weighted by atomic mass is 10.1. The molecule has 1 aliphatic rings. The zero-order valence-corrected chi connectivity index (χ0v) is 12.8. The first-order valence-corrected chi connectivity index (χ1v) is 6.77. The number of likely N-dealkylation sites (N-methyl/N-ethyl adjacent to an activating group) is 1. The lowest BCUT2D eigenvalue weighted by Gasteiger charge is -2.44. The molecule has 0 aliphatic carbocycles. The number of carbonyl (C=O) groups is 1. The first-order valence-electron chi connectivity index (χ1n) is 6.77. The predicted octanol–water partition coefficient (Wildman–Crippen LogP) is 1.84. The Bertz CT molecular complexity index is 475. The number of hydrogen-bond donors (Lipinski definition) is 0. The van der Waals surface area contributed by atoms with Crippen molar-refractivity contribution in [2.45, 2.75) is 39.3 Å². The monoisotopic (exact) mass is 278 g/mol. The summed E-state index contributed by atoms with van der Waals surface area (Å²) in [7, 11) is 1.77. The number of aromatic nitrogens is 2. The average molecular weight is 278 g/mol. The fraction of sp³-hybridized carbons (Fsp3) is 0.643. The number of carbonyl (C=O) groups excluding carboxylic acids is 1. The maximum atomic E-state index is 11.9. The summed E-state index contributed by atoms with van der Waals surface area (Å²) < 4.78 is 5.35. The second-order valence-corrected chi connectivity index (χ2v) is 6.18. The molecule has 2 rings (SSSR count). The molecule has 0 saturated carbocycles. The number of hydrogen-bond acceptors (Lipinski definition) is 5. The van der Waals surface area contributed by atoms with E-state index >= 15 is 0 Å². The van der Waals surface area contributed by atoms with E-state index < -0.39 is 5.60 Å². The van der Waals surface area contributed by atoms with Crippen LogP contribution in [-0.2, 0) is 4.74 Å². The van der Waals surface area contributed by atoms with Gasteiger partial charge in [-0.2, -0.15) is 5.10 Å². The largest absolute Gasteiger partial charge is 0.444 e. The SMILES string of the molecule is Cc1ccc(N2CC(N(C)C(=O)OC(C)(C)C)C2)nn1. The molecule has 1 fully saturated rings. The van der Waals surface area contributed by atoms with Gasteiger partial charge in [-0.1, -0.05) is 0 Å². The van der Waals surface area contributed by atoms with Gasteiger partial charge in [-0.05, 0) is 39.8 Å². The van der Waals surface area contributed by atoms with E-state index in [1.807, 2.05) is 39.8 Å². The number of nitrogens with zero attached hydrogens (tertiary/aromatic N) is 4. The van der Waals surface area contributed by atoms with E-state index in [0.29, 0.717) is 0 Å². The summed E-state index contributed by atoms with van der Waals surface area (Å²) in [5.41, 5.74) is 0.439. The topological polar surface area (TPSA) is 58.6 Å². The number of ether oxygens (including phenoxy) is 1. The highest BCUT2D eigenvalue weighted by Gasteiger charge is 2.35. The average Bonchev–Trinajstić information content (AvgIpc) is 2.27. The Morgan fingerprint density at radius 1 is 1.35 bits per heavy atom. The quantitative estimate of drug-likeness (QED) is 0.826. The lowest BCUT2D eigenvalue weighted by molar-refractivity contribution is 0.0196.